The Labute approximate surface area is 171 Å². The standard InChI is InChI=1S/C24H27N3O2/c1-15-12-16(2)23(17(3)13-15)26-22(28)14-25-24(29)20-8-10-21(11-9-20)27-18(4)6-7-19(27)5/h6-13H,14H2,1-5H3,(H,25,29)(H,26,28). The molecule has 0 spiro atoms. The molecule has 2 aromatic carbocycles. The van der Waals surface area contributed by atoms with Crippen LogP contribution >= 0.6 is 0 Å². The Morgan fingerprint density at radius 1 is 0.828 bits per heavy atom. The number of benzene rings is 2. The predicted molar refractivity (Wildman–Crippen MR) is 117 cm³/mol. The third-order valence-electron chi connectivity index (χ3n) is 5.01. The highest BCUT2D eigenvalue weighted by Gasteiger charge is 2.12. The molecule has 0 bridgehead atoms. The van der Waals surface area contributed by atoms with Gasteiger partial charge in [-0.05, 0) is 82.1 Å². The summed E-state index contributed by atoms with van der Waals surface area (Å²) in [5.41, 5.74) is 7.77. The number of nitrogens with one attached hydrogen (secondary N) is 2. The highest BCUT2D eigenvalue weighted by molar-refractivity contribution is 6.00. The van der Waals surface area contributed by atoms with Gasteiger partial charge in [0.25, 0.3) is 5.91 Å². The number of carbonyl (C=O) groups is 2. The van der Waals surface area contributed by atoms with Crippen molar-refractivity contribution in [3.63, 3.8) is 0 Å². The van der Waals surface area contributed by atoms with Gasteiger partial charge < -0.3 is 15.2 Å². The highest BCUT2D eigenvalue weighted by Crippen LogP contribution is 2.21. The molecule has 0 saturated heterocycles. The maximum absolute atomic E-state index is 12.4. The number of nitrogens with zero attached hydrogens (tertiary/aromatic N) is 1. The summed E-state index contributed by atoms with van der Waals surface area (Å²) in [6, 6.07) is 15.5. The van der Waals surface area contributed by atoms with Gasteiger partial charge in [0, 0.05) is 28.3 Å². The normalized spacial score (nSPS) is 10.7. The SMILES string of the molecule is Cc1cc(C)c(NC(=O)CNC(=O)c2ccc(-n3c(C)ccc3C)cc2)c(C)c1. The van der Waals surface area contributed by atoms with Crippen molar-refractivity contribution in [2.24, 2.45) is 0 Å². The topological polar surface area (TPSA) is 63.1 Å². The Kier molecular flexibility index (Phi) is 5.87. The molecular formula is C24H27N3O2. The van der Waals surface area contributed by atoms with Crippen LogP contribution in [0.2, 0.25) is 0 Å². The van der Waals surface area contributed by atoms with Crippen LogP contribution in [-0.2, 0) is 4.79 Å². The van der Waals surface area contributed by atoms with Gasteiger partial charge in [-0.2, -0.15) is 0 Å². The van der Waals surface area contributed by atoms with Crippen LogP contribution in [0.15, 0.2) is 48.5 Å². The zero-order valence-electron chi connectivity index (χ0n) is 17.6. The van der Waals surface area contributed by atoms with Crippen LogP contribution < -0.4 is 10.6 Å². The number of carbonyl (C=O) groups excluding carboxylic acids is 2. The smallest absolute Gasteiger partial charge is 0.251 e. The predicted octanol–water partition coefficient (Wildman–Crippen LogP) is 4.39. The molecule has 3 aromatic rings. The van der Waals surface area contributed by atoms with Gasteiger partial charge in [0.1, 0.15) is 0 Å². The molecule has 0 aliphatic carbocycles. The van der Waals surface area contributed by atoms with E-state index in [1.165, 1.54) is 0 Å². The quantitative estimate of drug-likeness (QED) is 0.680. The van der Waals surface area contributed by atoms with Crippen molar-refractivity contribution in [2.45, 2.75) is 34.6 Å². The summed E-state index contributed by atoms with van der Waals surface area (Å²) in [7, 11) is 0. The highest BCUT2D eigenvalue weighted by atomic mass is 16.2. The third kappa shape index (κ3) is 4.57. The summed E-state index contributed by atoms with van der Waals surface area (Å²) in [5.74, 6) is -0.520. The van der Waals surface area contributed by atoms with Crippen molar-refractivity contribution in [2.75, 3.05) is 11.9 Å². The van der Waals surface area contributed by atoms with Crippen molar-refractivity contribution in [3.05, 3.63) is 82.2 Å². The summed E-state index contributed by atoms with van der Waals surface area (Å²) >= 11 is 0. The average Bonchev–Trinajstić information content (AvgIpc) is 3.01. The van der Waals surface area contributed by atoms with Crippen molar-refractivity contribution in [1.82, 2.24) is 9.88 Å². The molecule has 1 aromatic heterocycles. The molecule has 29 heavy (non-hydrogen) atoms. The van der Waals surface area contributed by atoms with Gasteiger partial charge in [-0.3, -0.25) is 9.59 Å². The fraction of sp³-hybridized carbons (Fsp3) is 0.250. The molecule has 2 amide bonds. The number of aromatic nitrogens is 1. The summed E-state index contributed by atoms with van der Waals surface area (Å²) in [6.07, 6.45) is 0. The summed E-state index contributed by atoms with van der Waals surface area (Å²) in [5, 5.41) is 5.58. The van der Waals surface area contributed by atoms with Gasteiger partial charge >= 0.3 is 0 Å². The van der Waals surface area contributed by atoms with Gasteiger partial charge in [0.2, 0.25) is 5.91 Å². The lowest BCUT2D eigenvalue weighted by Crippen LogP contribution is -2.33. The van der Waals surface area contributed by atoms with Gasteiger partial charge in [-0.1, -0.05) is 17.7 Å². The third-order valence-corrected chi connectivity index (χ3v) is 5.01. The van der Waals surface area contributed by atoms with E-state index < -0.39 is 0 Å². The molecule has 0 aliphatic heterocycles. The molecule has 0 aliphatic rings. The maximum atomic E-state index is 12.4. The minimum atomic E-state index is -0.273. The second-order valence-electron chi connectivity index (χ2n) is 7.50. The van der Waals surface area contributed by atoms with Crippen molar-refractivity contribution < 1.29 is 9.59 Å². The average molecular weight is 389 g/mol. The Bertz CT molecular complexity index is 1020. The number of aryl methyl sites for hydroxylation is 5. The van der Waals surface area contributed by atoms with Crippen LogP contribution in [-0.4, -0.2) is 22.9 Å². The Hall–Kier alpha value is -3.34. The van der Waals surface area contributed by atoms with Crippen molar-refractivity contribution in [1.29, 1.82) is 0 Å². The zero-order valence-corrected chi connectivity index (χ0v) is 17.6. The second-order valence-corrected chi connectivity index (χ2v) is 7.50. The Morgan fingerprint density at radius 2 is 1.38 bits per heavy atom. The monoisotopic (exact) mass is 389 g/mol. The van der Waals surface area contributed by atoms with Crippen LogP contribution in [0.4, 0.5) is 5.69 Å². The first-order valence-electron chi connectivity index (χ1n) is 9.67. The molecule has 0 radical (unpaired) electrons. The van der Waals surface area contributed by atoms with Gasteiger partial charge in [0.05, 0.1) is 6.54 Å². The molecule has 0 fully saturated rings. The van der Waals surface area contributed by atoms with Crippen molar-refractivity contribution in [3.8, 4) is 5.69 Å². The van der Waals surface area contributed by atoms with Gasteiger partial charge in [0.15, 0.2) is 0 Å². The Morgan fingerprint density at radius 3 is 1.93 bits per heavy atom. The first kappa shape index (κ1) is 20.4. The van der Waals surface area contributed by atoms with E-state index in [2.05, 4.69) is 27.3 Å². The van der Waals surface area contributed by atoms with Crippen LogP contribution in [0.25, 0.3) is 5.69 Å². The van der Waals surface area contributed by atoms with E-state index in [4.69, 9.17) is 0 Å². The summed E-state index contributed by atoms with van der Waals surface area (Å²) < 4.78 is 2.13. The molecule has 0 saturated carbocycles. The van der Waals surface area contributed by atoms with Crippen LogP contribution in [0.1, 0.15) is 38.4 Å². The zero-order chi connectivity index (χ0) is 21.1. The first-order chi connectivity index (χ1) is 13.8. The first-order valence-corrected chi connectivity index (χ1v) is 9.67. The number of hydrogen-bond acceptors (Lipinski definition) is 2. The van der Waals surface area contributed by atoms with Crippen LogP contribution in [0.5, 0.6) is 0 Å². The molecule has 1 heterocycles. The lowest BCUT2D eigenvalue weighted by atomic mass is 10.1. The van der Waals surface area contributed by atoms with Gasteiger partial charge in [-0.15, -0.1) is 0 Å². The lowest BCUT2D eigenvalue weighted by Gasteiger charge is -2.13. The molecule has 5 heteroatoms. The largest absolute Gasteiger partial charge is 0.343 e. The number of anilines is 1. The van der Waals surface area contributed by atoms with E-state index in [1.54, 1.807) is 12.1 Å². The van der Waals surface area contributed by atoms with E-state index >= 15 is 0 Å². The van der Waals surface area contributed by atoms with E-state index in [-0.39, 0.29) is 18.4 Å². The molecule has 150 valence electrons. The molecule has 0 unspecified atom stereocenters. The van der Waals surface area contributed by atoms with Crippen molar-refractivity contribution >= 4 is 17.5 Å². The fourth-order valence-electron chi connectivity index (χ4n) is 3.66. The fourth-order valence-corrected chi connectivity index (χ4v) is 3.66. The number of rotatable bonds is 5. The van der Waals surface area contributed by atoms with E-state index in [0.717, 1.165) is 39.5 Å². The minimum Gasteiger partial charge on any atom is -0.343 e. The molecule has 2 N–H and O–H groups in total. The minimum absolute atomic E-state index is 0.0802. The summed E-state index contributed by atoms with van der Waals surface area (Å²) in [6.45, 7) is 9.96. The summed E-state index contributed by atoms with van der Waals surface area (Å²) in [4.78, 5) is 24.7. The molecule has 5 nitrogen and oxygen atoms in total. The maximum Gasteiger partial charge on any atom is 0.251 e. The van der Waals surface area contributed by atoms with Gasteiger partial charge in [-0.25, -0.2) is 0 Å². The second kappa shape index (κ2) is 8.35. The van der Waals surface area contributed by atoms with E-state index in [1.807, 2.05) is 58.9 Å². The van der Waals surface area contributed by atoms with E-state index in [9.17, 15) is 9.59 Å². The lowest BCUT2D eigenvalue weighted by molar-refractivity contribution is -0.115. The number of amides is 2. The van der Waals surface area contributed by atoms with E-state index in [0.29, 0.717) is 5.56 Å². The van der Waals surface area contributed by atoms with Crippen LogP contribution in [0, 0.1) is 34.6 Å². The Balaban J connectivity index is 1.62. The van der Waals surface area contributed by atoms with Crippen LogP contribution in [0.3, 0.4) is 0 Å². The molecular weight excluding hydrogens is 362 g/mol. The molecule has 3 rings (SSSR count). The number of hydrogen-bond donors (Lipinski definition) is 2. The molecule has 0 atom stereocenters.